The predicted octanol–water partition coefficient (Wildman–Crippen LogP) is 4.62. The summed E-state index contributed by atoms with van der Waals surface area (Å²) in [5.41, 5.74) is 1.41. The second-order valence-electron chi connectivity index (χ2n) is 7.30. The van der Waals surface area contributed by atoms with Crippen LogP contribution in [0.1, 0.15) is 41.5 Å². The third-order valence-electron chi connectivity index (χ3n) is 4.74. The molecule has 0 atom stereocenters. The topological polar surface area (TPSA) is 73.6 Å². The van der Waals surface area contributed by atoms with E-state index in [2.05, 4.69) is 10.1 Å². The number of carbonyl (C=O) groups excluding carboxylic acids is 1. The Labute approximate surface area is 179 Å². The average molecular weight is 411 g/mol. The van der Waals surface area contributed by atoms with Gasteiger partial charge in [0.15, 0.2) is 0 Å². The molecule has 4 aromatic rings. The van der Waals surface area contributed by atoms with Crippen molar-refractivity contribution in [3.63, 3.8) is 0 Å². The smallest absolute Gasteiger partial charge is 0.343 e. The zero-order valence-corrected chi connectivity index (χ0v) is 17.2. The van der Waals surface area contributed by atoms with Crippen molar-refractivity contribution in [3.8, 4) is 5.75 Å². The number of fused-ring (bicyclic) bond motifs is 1. The molecule has 0 bridgehead atoms. The molecular formula is C25H21N3O3. The Morgan fingerprint density at radius 3 is 2.42 bits per heavy atom. The lowest BCUT2D eigenvalue weighted by Gasteiger charge is -2.12. The van der Waals surface area contributed by atoms with Crippen molar-refractivity contribution in [3.05, 3.63) is 106 Å². The third kappa shape index (κ3) is 4.28. The lowest BCUT2D eigenvalue weighted by molar-refractivity contribution is 0.0734. The molecule has 31 heavy (non-hydrogen) atoms. The van der Waals surface area contributed by atoms with Crippen LogP contribution in [0.15, 0.2) is 88.8 Å². The maximum absolute atomic E-state index is 13.0. The summed E-state index contributed by atoms with van der Waals surface area (Å²) in [6.45, 7) is 3.91. The number of carbonyl (C=O) groups is 1. The molecule has 1 heterocycles. The second-order valence-corrected chi connectivity index (χ2v) is 7.30. The van der Waals surface area contributed by atoms with Gasteiger partial charge in [-0.1, -0.05) is 56.3 Å². The molecule has 6 heteroatoms. The molecule has 0 saturated heterocycles. The average Bonchev–Trinajstić information content (AvgIpc) is 2.79. The van der Waals surface area contributed by atoms with Gasteiger partial charge in [0.05, 0.1) is 22.7 Å². The van der Waals surface area contributed by atoms with E-state index >= 15 is 0 Å². The van der Waals surface area contributed by atoms with Crippen LogP contribution in [0.3, 0.4) is 0 Å². The summed E-state index contributed by atoms with van der Waals surface area (Å²) < 4.78 is 6.87. The number of nitrogens with zero attached hydrogens (tertiary/aromatic N) is 3. The summed E-state index contributed by atoms with van der Waals surface area (Å²) in [5, 5.41) is 4.91. The highest BCUT2D eigenvalue weighted by Gasteiger charge is 2.14. The van der Waals surface area contributed by atoms with E-state index in [0.29, 0.717) is 33.6 Å². The van der Waals surface area contributed by atoms with E-state index in [0.717, 1.165) is 0 Å². The Morgan fingerprint density at radius 1 is 0.968 bits per heavy atom. The first-order valence-corrected chi connectivity index (χ1v) is 9.97. The molecule has 6 nitrogen and oxygen atoms in total. The Bertz CT molecular complexity index is 1320. The minimum absolute atomic E-state index is 0.0133. The van der Waals surface area contributed by atoms with Gasteiger partial charge in [0.1, 0.15) is 11.6 Å². The largest absolute Gasteiger partial charge is 0.422 e. The van der Waals surface area contributed by atoms with Gasteiger partial charge in [-0.3, -0.25) is 4.79 Å². The number of benzene rings is 3. The van der Waals surface area contributed by atoms with Crippen molar-refractivity contribution in [1.82, 2.24) is 9.66 Å². The normalized spacial score (nSPS) is 11.3. The number of aromatic nitrogens is 2. The number of ether oxygens (including phenoxy) is 1. The Balaban J connectivity index is 1.72. The van der Waals surface area contributed by atoms with Crippen molar-refractivity contribution < 1.29 is 9.53 Å². The Hall–Kier alpha value is -4.06. The highest BCUT2D eigenvalue weighted by Crippen LogP contribution is 2.19. The Morgan fingerprint density at radius 2 is 1.65 bits per heavy atom. The fourth-order valence-corrected chi connectivity index (χ4v) is 3.16. The minimum Gasteiger partial charge on any atom is -0.422 e. The van der Waals surface area contributed by atoms with Gasteiger partial charge in [0.25, 0.3) is 5.56 Å². The van der Waals surface area contributed by atoms with E-state index in [4.69, 9.17) is 4.74 Å². The number of para-hydroxylation sites is 2. The zero-order valence-electron chi connectivity index (χ0n) is 17.2. The molecule has 0 spiro atoms. The minimum atomic E-state index is -0.464. The molecule has 0 unspecified atom stereocenters. The van der Waals surface area contributed by atoms with Gasteiger partial charge >= 0.3 is 5.97 Å². The fourth-order valence-electron chi connectivity index (χ4n) is 3.16. The zero-order chi connectivity index (χ0) is 21.8. The standard InChI is InChI=1S/C25H21N3O3/c1-17(2)23-27-21-14-8-7-13-20(21)24(29)28(23)26-16-19-12-6-9-15-22(19)31-25(30)18-10-4-3-5-11-18/h3-17H,1-2H3. The van der Waals surface area contributed by atoms with Crippen LogP contribution in [0.2, 0.25) is 0 Å². The summed E-state index contributed by atoms with van der Waals surface area (Å²) in [6.07, 6.45) is 1.51. The third-order valence-corrected chi connectivity index (χ3v) is 4.74. The van der Waals surface area contributed by atoms with Crippen molar-refractivity contribution >= 4 is 23.1 Å². The SMILES string of the molecule is CC(C)c1nc2ccccc2c(=O)n1N=Cc1ccccc1OC(=O)c1ccccc1. The van der Waals surface area contributed by atoms with Gasteiger partial charge in [-0.15, -0.1) is 0 Å². The summed E-state index contributed by atoms with van der Waals surface area (Å²) in [4.78, 5) is 30.1. The van der Waals surface area contributed by atoms with Crippen molar-refractivity contribution in [2.45, 2.75) is 19.8 Å². The van der Waals surface area contributed by atoms with Gasteiger partial charge in [-0.2, -0.15) is 9.78 Å². The summed E-state index contributed by atoms with van der Waals surface area (Å²) in [7, 11) is 0. The fraction of sp³-hybridized carbons (Fsp3) is 0.120. The van der Waals surface area contributed by atoms with E-state index in [1.54, 1.807) is 54.6 Å². The number of rotatable bonds is 5. The van der Waals surface area contributed by atoms with Gasteiger partial charge in [0.2, 0.25) is 0 Å². The highest BCUT2D eigenvalue weighted by molar-refractivity contribution is 5.93. The Kier molecular flexibility index (Phi) is 5.71. The molecule has 0 N–H and O–H groups in total. The molecule has 0 fully saturated rings. The van der Waals surface area contributed by atoms with E-state index in [-0.39, 0.29) is 11.5 Å². The summed E-state index contributed by atoms with van der Waals surface area (Å²) >= 11 is 0. The van der Waals surface area contributed by atoms with Crippen LogP contribution >= 0.6 is 0 Å². The van der Waals surface area contributed by atoms with Gasteiger partial charge in [-0.25, -0.2) is 9.78 Å². The maximum Gasteiger partial charge on any atom is 0.343 e. The molecular weight excluding hydrogens is 390 g/mol. The summed E-state index contributed by atoms with van der Waals surface area (Å²) in [5.74, 6) is 0.432. The van der Waals surface area contributed by atoms with Crippen molar-refractivity contribution in [1.29, 1.82) is 0 Å². The maximum atomic E-state index is 13.0. The van der Waals surface area contributed by atoms with Crippen LogP contribution in [0.5, 0.6) is 5.75 Å². The molecule has 154 valence electrons. The summed E-state index contributed by atoms with van der Waals surface area (Å²) in [6, 6.07) is 23.0. The lowest BCUT2D eigenvalue weighted by atomic mass is 10.2. The van der Waals surface area contributed by atoms with Crippen molar-refractivity contribution in [2.75, 3.05) is 0 Å². The molecule has 0 aliphatic heterocycles. The van der Waals surface area contributed by atoms with E-state index in [1.807, 2.05) is 38.1 Å². The number of hydrogen-bond donors (Lipinski definition) is 0. The van der Waals surface area contributed by atoms with Crippen LogP contribution in [-0.2, 0) is 0 Å². The quantitative estimate of drug-likeness (QED) is 0.273. The van der Waals surface area contributed by atoms with Crippen LogP contribution in [0.25, 0.3) is 10.9 Å². The molecule has 0 saturated carbocycles. The second kappa shape index (κ2) is 8.75. The molecule has 0 aliphatic rings. The van der Waals surface area contributed by atoms with Crippen LogP contribution in [0.4, 0.5) is 0 Å². The molecule has 1 aromatic heterocycles. The number of esters is 1. The molecule has 4 rings (SSSR count). The number of hydrogen-bond acceptors (Lipinski definition) is 5. The highest BCUT2D eigenvalue weighted by atomic mass is 16.5. The van der Waals surface area contributed by atoms with E-state index in [1.165, 1.54) is 10.9 Å². The first kappa shape index (κ1) is 20.2. The van der Waals surface area contributed by atoms with E-state index < -0.39 is 5.97 Å². The van der Waals surface area contributed by atoms with E-state index in [9.17, 15) is 9.59 Å². The van der Waals surface area contributed by atoms with Gasteiger partial charge in [0, 0.05) is 11.5 Å². The van der Waals surface area contributed by atoms with Crippen LogP contribution in [0, 0.1) is 0 Å². The van der Waals surface area contributed by atoms with Crippen LogP contribution in [-0.4, -0.2) is 21.8 Å². The first-order chi connectivity index (χ1) is 15.0. The molecule has 0 radical (unpaired) electrons. The molecule has 0 aliphatic carbocycles. The molecule has 0 amide bonds. The van der Waals surface area contributed by atoms with Crippen molar-refractivity contribution in [2.24, 2.45) is 5.10 Å². The first-order valence-electron chi connectivity index (χ1n) is 9.97. The van der Waals surface area contributed by atoms with Crippen LogP contribution < -0.4 is 10.3 Å². The lowest BCUT2D eigenvalue weighted by Crippen LogP contribution is -2.23. The predicted molar refractivity (Wildman–Crippen MR) is 121 cm³/mol. The monoisotopic (exact) mass is 411 g/mol. The van der Waals surface area contributed by atoms with Gasteiger partial charge in [-0.05, 0) is 36.4 Å². The molecule has 3 aromatic carbocycles. The van der Waals surface area contributed by atoms with Gasteiger partial charge < -0.3 is 4.74 Å².